The number of rotatable bonds is 7. The van der Waals surface area contributed by atoms with Crippen molar-refractivity contribution in [3.63, 3.8) is 0 Å². The second-order valence-corrected chi connectivity index (χ2v) is 7.27. The average Bonchev–Trinajstić information content (AvgIpc) is 2.70. The lowest BCUT2D eigenvalue weighted by Crippen LogP contribution is -2.33. The number of carbonyl (C=O) groups is 1. The van der Waals surface area contributed by atoms with Gasteiger partial charge in [0.2, 0.25) is 5.91 Å². The van der Waals surface area contributed by atoms with Crippen LogP contribution in [0.5, 0.6) is 0 Å². The van der Waals surface area contributed by atoms with Gasteiger partial charge in [-0.3, -0.25) is 9.69 Å². The molecule has 0 radical (unpaired) electrons. The van der Waals surface area contributed by atoms with Crippen molar-refractivity contribution in [3.05, 3.63) is 59.9 Å². The molecule has 3 rings (SSSR count). The molecule has 144 valence electrons. The number of amides is 1. The van der Waals surface area contributed by atoms with Crippen molar-refractivity contribution in [1.82, 2.24) is 4.90 Å². The predicted octanol–water partition coefficient (Wildman–Crippen LogP) is 4.64. The largest absolute Gasteiger partial charge is 0.376 e. The minimum Gasteiger partial charge on any atom is -0.376 e. The second-order valence-electron chi connectivity index (χ2n) is 7.27. The zero-order chi connectivity index (χ0) is 19.1. The molecule has 0 spiro atoms. The number of nitrogens with one attached hydrogen (secondary N) is 2. The van der Waals surface area contributed by atoms with Crippen LogP contribution in [0.3, 0.4) is 0 Å². The van der Waals surface area contributed by atoms with Crippen molar-refractivity contribution in [3.8, 4) is 0 Å². The molecular formula is C22H28FN3O. The summed E-state index contributed by atoms with van der Waals surface area (Å²) in [6.07, 6.45) is 6.53. The first-order chi connectivity index (χ1) is 13.1. The van der Waals surface area contributed by atoms with Gasteiger partial charge in [-0.25, -0.2) is 4.39 Å². The highest BCUT2D eigenvalue weighted by atomic mass is 19.1. The molecule has 0 atom stereocenters. The molecule has 1 amide bonds. The van der Waals surface area contributed by atoms with E-state index in [0.29, 0.717) is 11.7 Å². The Morgan fingerprint density at radius 1 is 1.07 bits per heavy atom. The van der Waals surface area contributed by atoms with Gasteiger partial charge >= 0.3 is 0 Å². The Hall–Kier alpha value is -2.40. The van der Waals surface area contributed by atoms with E-state index in [0.717, 1.165) is 12.2 Å². The van der Waals surface area contributed by atoms with Gasteiger partial charge in [0.25, 0.3) is 0 Å². The SMILES string of the molecule is CN(Cc1ccccc1NCC(=O)Nc1ccc(F)cc1)C1CCCCC1. The van der Waals surface area contributed by atoms with Gasteiger partial charge in [0.05, 0.1) is 6.54 Å². The quantitative estimate of drug-likeness (QED) is 0.747. The van der Waals surface area contributed by atoms with Crippen molar-refractivity contribution in [1.29, 1.82) is 0 Å². The zero-order valence-electron chi connectivity index (χ0n) is 15.9. The molecule has 5 heteroatoms. The Morgan fingerprint density at radius 3 is 2.52 bits per heavy atom. The summed E-state index contributed by atoms with van der Waals surface area (Å²) in [6, 6.07) is 14.6. The Bertz CT molecular complexity index is 741. The molecule has 1 aliphatic carbocycles. The summed E-state index contributed by atoms with van der Waals surface area (Å²) in [5.41, 5.74) is 2.77. The summed E-state index contributed by atoms with van der Waals surface area (Å²) < 4.78 is 12.9. The molecular weight excluding hydrogens is 341 g/mol. The smallest absolute Gasteiger partial charge is 0.243 e. The van der Waals surface area contributed by atoms with E-state index in [1.807, 2.05) is 18.2 Å². The third-order valence-electron chi connectivity index (χ3n) is 5.20. The van der Waals surface area contributed by atoms with Crippen LogP contribution in [0.1, 0.15) is 37.7 Å². The summed E-state index contributed by atoms with van der Waals surface area (Å²) >= 11 is 0. The van der Waals surface area contributed by atoms with Gasteiger partial charge in [-0.1, -0.05) is 37.5 Å². The van der Waals surface area contributed by atoms with E-state index < -0.39 is 0 Å². The molecule has 0 heterocycles. The molecule has 1 saturated carbocycles. The normalized spacial score (nSPS) is 14.9. The van der Waals surface area contributed by atoms with E-state index >= 15 is 0 Å². The van der Waals surface area contributed by atoms with Crippen molar-refractivity contribution in [2.24, 2.45) is 0 Å². The highest BCUT2D eigenvalue weighted by molar-refractivity contribution is 5.93. The lowest BCUT2D eigenvalue weighted by Gasteiger charge is -2.31. The summed E-state index contributed by atoms with van der Waals surface area (Å²) in [4.78, 5) is 14.6. The third kappa shape index (κ3) is 5.79. The molecule has 1 aliphatic rings. The lowest BCUT2D eigenvalue weighted by atomic mass is 9.94. The van der Waals surface area contributed by atoms with Crippen LogP contribution in [0.25, 0.3) is 0 Å². The van der Waals surface area contributed by atoms with Gasteiger partial charge in [0.1, 0.15) is 5.82 Å². The maximum absolute atomic E-state index is 12.9. The summed E-state index contributed by atoms with van der Waals surface area (Å²) in [7, 11) is 2.19. The molecule has 0 bridgehead atoms. The Labute approximate surface area is 160 Å². The van der Waals surface area contributed by atoms with Crippen LogP contribution >= 0.6 is 0 Å². The van der Waals surface area contributed by atoms with Gasteiger partial charge in [0, 0.05) is 24.0 Å². The monoisotopic (exact) mass is 369 g/mol. The van der Waals surface area contributed by atoms with Gasteiger partial charge in [-0.05, 0) is 55.8 Å². The van der Waals surface area contributed by atoms with Gasteiger partial charge in [-0.2, -0.15) is 0 Å². The van der Waals surface area contributed by atoms with Gasteiger partial charge < -0.3 is 10.6 Å². The van der Waals surface area contributed by atoms with Gasteiger partial charge in [0.15, 0.2) is 0 Å². The van der Waals surface area contributed by atoms with E-state index in [-0.39, 0.29) is 18.3 Å². The van der Waals surface area contributed by atoms with Crippen molar-refractivity contribution in [2.75, 3.05) is 24.2 Å². The lowest BCUT2D eigenvalue weighted by molar-refractivity contribution is -0.114. The topological polar surface area (TPSA) is 44.4 Å². The van der Waals surface area contributed by atoms with E-state index in [2.05, 4.69) is 28.6 Å². The van der Waals surface area contributed by atoms with Crippen molar-refractivity contribution >= 4 is 17.3 Å². The molecule has 2 aromatic carbocycles. The number of hydrogen-bond donors (Lipinski definition) is 2. The first kappa shape index (κ1) is 19.4. The Kier molecular flexibility index (Phi) is 6.82. The fraction of sp³-hybridized carbons (Fsp3) is 0.409. The van der Waals surface area contributed by atoms with Crippen LogP contribution < -0.4 is 10.6 Å². The number of anilines is 2. The molecule has 0 aliphatic heterocycles. The summed E-state index contributed by atoms with van der Waals surface area (Å²) in [5.74, 6) is -0.473. The maximum atomic E-state index is 12.9. The predicted molar refractivity (Wildman–Crippen MR) is 108 cm³/mol. The Balaban J connectivity index is 1.55. The van der Waals surface area contributed by atoms with Crippen LogP contribution in [0.15, 0.2) is 48.5 Å². The van der Waals surface area contributed by atoms with Crippen LogP contribution in [0.2, 0.25) is 0 Å². The van der Waals surface area contributed by atoms with Crippen LogP contribution in [0.4, 0.5) is 15.8 Å². The highest BCUT2D eigenvalue weighted by Crippen LogP contribution is 2.24. The molecule has 1 fully saturated rings. The van der Waals surface area contributed by atoms with E-state index in [1.54, 1.807) is 12.1 Å². The fourth-order valence-corrected chi connectivity index (χ4v) is 3.66. The number of carbonyl (C=O) groups excluding carboxylic acids is 1. The number of para-hydroxylation sites is 1. The van der Waals surface area contributed by atoms with E-state index in [9.17, 15) is 9.18 Å². The molecule has 4 nitrogen and oxygen atoms in total. The molecule has 0 unspecified atom stereocenters. The maximum Gasteiger partial charge on any atom is 0.243 e. The van der Waals surface area contributed by atoms with E-state index in [4.69, 9.17) is 0 Å². The number of nitrogens with zero attached hydrogens (tertiary/aromatic N) is 1. The van der Waals surface area contributed by atoms with Crippen LogP contribution in [-0.4, -0.2) is 30.4 Å². The van der Waals surface area contributed by atoms with Gasteiger partial charge in [-0.15, -0.1) is 0 Å². The fourth-order valence-electron chi connectivity index (χ4n) is 3.66. The number of benzene rings is 2. The zero-order valence-corrected chi connectivity index (χ0v) is 15.9. The summed E-state index contributed by atoms with van der Waals surface area (Å²) in [6.45, 7) is 1.04. The average molecular weight is 369 g/mol. The van der Waals surface area contributed by atoms with Crippen molar-refractivity contribution in [2.45, 2.75) is 44.7 Å². The third-order valence-corrected chi connectivity index (χ3v) is 5.20. The molecule has 2 aromatic rings. The van der Waals surface area contributed by atoms with E-state index in [1.165, 1.54) is 49.8 Å². The molecule has 27 heavy (non-hydrogen) atoms. The van der Waals surface area contributed by atoms with Crippen LogP contribution in [-0.2, 0) is 11.3 Å². The van der Waals surface area contributed by atoms with Crippen LogP contribution in [0, 0.1) is 5.82 Å². The minimum atomic E-state index is -0.317. The standard InChI is InChI=1S/C22H28FN3O/c1-26(20-8-3-2-4-9-20)16-17-7-5-6-10-21(17)24-15-22(27)25-19-13-11-18(23)12-14-19/h5-7,10-14,20,24H,2-4,8-9,15-16H2,1H3,(H,25,27). The number of halogens is 1. The minimum absolute atomic E-state index is 0.156. The molecule has 0 saturated heterocycles. The van der Waals surface area contributed by atoms with Crippen molar-refractivity contribution < 1.29 is 9.18 Å². The summed E-state index contributed by atoms with van der Waals surface area (Å²) in [5, 5.41) is 6.01. The molecule has 2 N–H and O–H groups in total. The highest BCUT2D eigenvalue weighted by Gasteiger charge is 2.18. The number of hydrogen-bond acceptors (Lipinski definition) is 3. The second kappa shape index (κ2) is 9.51. The first-order valence-electron chi connectivity index (χ1n) is 9.69. The first-order valence-corrected chi connectivity index (χ1v) is 9.69. The Morgan fingerprint density at radius 2 is 1.78 bits per heavy atom. The molecule has 0 aromatic heterocycles.